The quantitative estimate of drug-likeness (QED) is 0.443. The first-order valence-corrected chi connectivity index (χ1v) is 8.70. The van der Waals surface area contributed by atoms with E-state index in [-0.39, 0.29) is 31.1 Å². The average Bonchev–Trinajstić information content (AvgIpc) is 2.94. The van der Waals surface area contributed by atoms with E-state index >= 15 is 0 Å². The Balaban J connectivity index is 2.04. The Kier molecular flexibility index (Phi) is 6.70. The fourth-order valence-electron chi connectivity index (χ4n) is 3.21. The molecule has 1 N–H and O–H groups in total. The number of carbonyl (C=O) groups excluding carboxylic acids is 2. The third-order valence-electron chi connectivity index (χ3n) is 4.72. The SMILES string of the molecule is Cc1c(C(=O)CC[C@H](C(=O)OCC(F)(F)F)C(C)C)ccc2c1B(O)OC2. The fourth-order valence-corrected chi connectivity index (χ4v) is 3.21. The van der Waals surface area contributed by atoms with Crippen molar-refractivity contribution in [2.75, 3.05) is 6.61 Å². The molecule has 0 radical (unpaired) electrons. The molecule has 0 unspecified atom stereocenters. The van der Waals surface area contributed by atoms with Gasteiger partial charge in [0.1, 0.15) is 0 Å². The lowest BCUT2D eigenvalue weighted by Crippen LogP contribution is -2.32. The molecule has 0 spiro atoms. The van der Waals surface area contributed by atoms with E-state index in [0.29, 0.717) is 16.6 Å². The number of hydrogen-bond acceptors (Lipinski definition) is 5. The molecule has 27 heavy (non-hydrogen) atoms. The van der Waals surface area contributed by atoms with Crippen molar-refractivity contribution in [3.05, 3.63) is 28.8 Å². The zero-order chi connectivity index (χ0) is 20.4. The van der Waals surface area contributed by atoms with Gasteiger partial charge < -0.3 is 14.4 Å². The number of ketones is 1. The maximum Gasteiger partial charge on any atom is 0.492 e. The first-order chi connectivity index (χ1) is 12.5. The topological polar surface area (TPSA) is 72.8 Å². The molecule has 1 aliphatic heterocycles. The van der Waals surface area contributed by atoms with Crippen LogP contribution in [0.15, 0.2) is 12.1 Å². The lowest BCUT2D eigenvalue weighted by atomic mass is 9.74. The number of alkyl halides is 3. The minimum absolute atomic E-state index is 0.0133. The Morgan fingerprint density at radius 1 is 1.33 bits per heavy atom. The van der Waals surface area contributed by atoms with Crippen LogP contribution >= 0.6 is 0 Å². The summed E-state index contributed by atoms with van der Waals surface area (Å²) in [4.78, 5) is 24.5. The summed E-state index contributed by atoms with van der Waals surface area (Å²) >= 11 is 0. The molecule has 0 aromatic heterocycles. The summed E-state index contributed by atoms with van der Waals surface area (Å²) in [5, 5.41) is 9.87. The third kappa shape index (κ3) is 5.32. The van der Waals surface area contributed by atoms with Crippen molar-refractivity contribution in [2.24, 2.45) is 11.8 Å². The predicted octanol–water partition coefficient (Wildman–Crippen LogP) is 2.55. The van der Waals surface area contributed by atoms with Crippen molar-refractivity contribution in [3.63, 3.8) is 0 Å². The average molecular weight is 386 g/mol. The highest BCUT2D eigenvalue weighted by Crippen LogP contribution is 2.24. The smallest absolute Gasteiger partial charge is 0.456 e. The summed E-state index contributed by atoms with van der Waals surface area (Å²) in [6, 6.07) is 3.35. The van der Waals surface area contributed by atoms with E-state index in [1.165, 1.54) is 0 Å². The Bertz CT molecular complexity index is 718. The molecule has 2 rings (SSSR count). The molecule has 148 valence electrons. The van der Waals surface area contributed by atoms with Crippen molar-refractivity contribution in [2.45, 2.75) is 46.4 Å². The monoisotopic (exact) mass is 386 g/mol. The minimum Gasteiger partial charge on any atom is -0.456 e. The summed E-state index contributed by atoms with van der Waals surface area (Å²) in [6.45, 7) is 3.73. The normalized spacial score (nSPS) is 15.0. The molecule has 5 nitrogen and oxygen atoms in total. The fraction of sp³-hybridized carbons (Fsp3) is 0.556. The number of fused-ring (bicyclic) bond motifs is 1. The van der Waals surface area contributed by atoms with Gasteiger partial charge in [0.25, 0.3) is 0 Å². The largest absolute Gasteiger partial charge is 0.492 e. The molecule has 1 aliphatic rings. The van der Waals surface area contributed by atoms with Crippen molar-refractivity contribution < 1.29 is 37.2 Å². The highest BCUT2D eigenvalue weighted by Gasteiger charge is 2.33. The van der Waals surface area contributed by atoms with Crippen molar-refractivity contribution >= 4 is 24.3 Å². The van der Waals surface area contributed by atoms with Gasteiger partial charge in [0.2, 0.25) is 0 Å². The van der Waals surface area contributed by atoms with Gasteiger partial charge in [-0.25, -0.2) is 0 Å². The van der Waals surface area contributed by atoms with E-state index in [4.69, 9.17) is 4.65 Å². The van der Waals surface area contributed by atoms with Gasteiger partial charge >= 0.3 is 19.3 Å². The summed E-state index contributed by atoms with van der Waals surface area (Å²) < 4.78 is 46.2. The number of halogens is 3. The van der Waals surface area contributed by atoms with Gasteiger partial charge in [-0.15, -0.1) is 0 Å². The van der Waals surface area contributed by atoms with Crippen LogP contribution in [0, 0.1) is 18.8 Å². The van der Waals surface area contributed by atoms with E-state index in [1.54, 1.807) is 32.9 Å². The summed E-state index contributed by atoms with van der Waals surface area (Å²) in [5.74, 6) is -2.27. The third-order valence-corrected chi connectivity index (χ3v) is 4.72. The van der Waals surface area contributed by atoms with Gasteiger partial charge in [0, 0.05) is 12.0 Å². The predicted molar refractivity (Wildman–Crippen MR) is 92.5 cm³/mol. The molecule has 0 fully saturated rings. The molecule has 1 aromatic rings. The van der Waals surface area contributed by atoms with Crippen LogP contribution in [0.25, 0.3) is 0 Å². The van der Waals surface area contributed by atoms with Crippen LogP contribution in [-0.4, -0.2) is 36.7 Å². The zero-order valence-corrected chi connectivity index (χ0v) is 15.4. The molecular weight excluding hydrogens is 364 g/mol. The minimum atomic E-state index is -4.59. The summed E-state index contributed by atoms with van der Waals surface area (Å²) in [6.07, 6.45) is -4.51. The van der Waals surface area contributed by atoms with Gasteiger partial charge in [0.05, 0.1) is 12.5 Å². The molecule has 0 amide bonds. The number of esters is 1. The van der Waals surface area contributed by atoms with Gasteiger partial charge in [0.15, 0.2) is 12.4 Å². The van der Waals surface area contributed by atoms with E-state index in [2.05, 4.69) is 4.74 Å². The Labute approximate surface area is 156 Å². The van der Waals surface area contributed by atoms with E-state index < -0.39 is 31.8 Å². The van der Waals surface area contributed by atoms with Crippen LogP contribution in [0.1, 0.15) is 48.2 Å². The second-order valence-electron chi connectivity index (χ2n) is 7.01. The molecule has 0 aliphatic carbocycles. The van der Waals surface area contributed by atoms with E-state index in [1.807, 2.05) is 0 Å². The van der Waals surface area contributed by atoms with E-state index in [9.17, 15) is 27.8 Å². The molecule has 0 saturated heterocycles. The Morgan fingerprint density at radius 2 is 2.00 bits per heavy atom. The van der Waals surface area contributed by atoms with Gasteiger partial charge in [-0.1, -0.05) is 26.0 Å². The summed E-state index contributed by atoms with van der Waals surface area (Å²) in [7, 11) is -1.08. The van der Waals surface area contributed by atoms with Gasteiger partial charge in [-0.05, 0) is 35.9 Å². The standard InChI is InChI=1S/C18H22BF3O5/c1-10(2)13(17(24)26-9-18(20,21)22)6-7-15(23)14-5-4-12-8-27-19(25)16(12)11(14)3/h4-5,10,13,25H,6-9H2,1-3H3/t13-/m0/s1. The molecule has 9 heteroatoms. The maximum atomic E-state index is 12.6. The molecular formula is C18H22BF3O5. The zero-order valence-electron chi connectivity index (χ0n) is 15.4. The number of hydrogen-bond donors (Lipinski definition) is 1. The molecule has 0 saturated carbocycles. The number of rotatable bonds is 7. The van der Waals surface area contributed by atoms with Crippen LogP contribution < -0.4 is 5.46 Å². The Morgan fingerprint density at radius 3 is 2.59 bits per heavy atom. The highest BCUT2D eigenvalue weighted by atomic mass is 19.4. The van der Waals surface area contributed by atoms with Gasteiger partial charge in [-0.2, -0.15) is 13.2 Å². The lowest BCUT2D eigenvalue weighted by Gasteiger charge is -2.20. The maximum absolute atomic E-state index is 12.6. The number of ether oxygens (including phenoxy) is 1. The number of Topliss-reactive ketones (excluding diaryl/α,β-unsaturated/α-hetero) is 1. The van der Waals surface area contributed by atoms with Crippen LogP contribution in [0.5, 0.6) is 0 Å². The van der Waals surface area contributed by atoms with Crippen molar-refractivity contribution in [1.29, 1.82) is 0 Å². The lowest BCUT2D eigenvalue weighted by molar-refractivity contribution is -0.190. The number of benzene rings is 1. The van der Waals surface area contributed by atoms with Crippen LogP contribution in [0.3, 0.4) is 0 Å². The Hall–Kier alpha value is -1.87. The molecule has 0 bridgehead atoms. The number of carbonyl (C=O) groups is 2. The highest BCUT2D eigenvalue weighted by molar-refractivity contribution is 6.62. The molecule has 1 atom stereocenters. The van der Waals surface area contributed by atoms with Crippen LogP contribution in [0.2, 0.25) is 0 Å². The second-order valence-corrected chi connectivity index (χ2v) is 7.01. The molecule has 1 heterocycles. The molecule has 1 aromatic carbocycles. The van der Waals surface area contributed by atoms with Crippen molar-refractivity contribution in [3.8, 4) is 0 Å². The van der Waals surface area contributed by atoms with E-state index in [0.717, 1.165) is 5.56 Å². The van der Waals surface area contributed by atoms with Gasteiger partial charge in [-0.3, -0.25) is 9.59 Å². The van der Waals surface area contributed by atoms with Crippen molar-refractivity contribution in [1.82, 2.24) is 0 Å². The summed E-state index contributed by atoms with van der Waals surface area (Å²) in [5.41, 5.74) is 2.41. The second kappa shape index (κ2) is 8.43. The first-order valence-electron chi connectivity index (χ1n) is 8.70. The van der Waals surface area contributed by atoms with Crippen LogP contribution in [0.4, 0.5) is 13.2 Å². The van der Waals surface area contributed by atoms with Crippen LogP contribution in [-0.2, 0) is 20.8 Å². The first kappa shape index (κ1) is 21.4.